The van der Waals surface area contributed by atoms with Crippen molar-refractivity contribution in [1.29, 1.82) is 0 Å². The van der Waals surface area contributed by atoms with Gasteiger partial charge in [0, 0.05) is 32.1 Å². The quantitative estimate of drug-likeness (QED) is 0.755. The molecule has 0 aliphatic rings. The first-order chi connectivity index (χ1) is 10.1. The van der Waals surface area contributed by atoms with Gasteiger partial charge in [-0.3, -0.25) is 4.57 Å². The summed E-state index contributed by atoms with van der Waals surface area (Å²) in [5.74, 6) is 0. The van der Waals surface area contributed by atoms with Gasteiger partial charge in [-0.05, 0) is 30.3 Å². The minimum Gasteiger partial charge on any atom is -0.383 e. The molecule has 2 N–H and O–H groups in total. The van der Waals surface area contributed by atoms with Crippen LogP contribution in [0.1, 0.15) is 11.1 Å². The van der Waals surface area contributed by atoms with Crippen LogP contribution in [0.4, 0.5) is 0 Å². The summed E-state index contributed by atoms with van der Waals surface area (Å²) in [5, 5.41) is 10.5. The second-order valence-corrected chi connectivity index (χ2v) is 5.76. The van der Waals surface area contributed by atoms with Gasteiger partial charge >= 0.3 is 5.69 Å². The first-order valence-corrected chi connectivity index (χ1v) is 7.52. The van der Waals surface area contributed by atoms with Crippen LogP contribution in [0, 0.1) is 6.92 Å². The second-order valence-electron chi connectivity index (χ2n) is 4.75. The summed E-state index contributed by atoms with van der Waals surface area (Å²) in [5.41, 5.74) is 2.19. The van der Waals surface area contributed by atoms with Gasteiger partial charge in [-0.25, -0.2) is 9.89 Å². The molecule has 0 spiro atoms. The maximum Gasteiger partial charge on any atom is 0.343 e. The Bertz CT molecular complexity index is 651. The molecule has 0 saturated heterocycles. The van der Waals surface area contributed by atoms with Crippen LogP contribution in [-0.2, 0) is 18.3 Å². The molecule has 1 aromatic carbocycles. The minimum atomic E-state index is -0.204. The fourth-order valence-electron chi connectivity index (χ4n) is 1.87. The van der Waals surface area contributed by atoms with Crippen LogP contribution in [0.2, 0.25) is 0 Å². The zero-order valence-corrected chi connectivity index (χ0v) is 13.3. The predicted octanol–water partition coefficient (Wildman–Crippen LogP) is 1.30. The maximum atomic E-state index is 11.4. The van der Waals surface area contributed by atoms with Gasteiger partial charge < -0.3 is 10.1 Å². The molecule has 114 valence electrons. The molecule has 21 heavy (non-hydrogen) atoms. The van der Waals surface area contributed by atoms with Crippen LogP contribution in [-0.4, -0.2) is 35.0 Å². The Morgan fingerprint density at radius 2 is 2.29 bits per heavy atom. The summed E-state index contributed by atoms with van der Waals surface area (Å²) in [4.78, 5) is 12.5. The molecule has 0 bridgehead atoms. The normalized spacial score (nSPS) is 11.0. The lowest BCUT2D eigenvalue weighted by molar-refractivity contribution is 0.199. The van der Waals surface area contributed by atoms with Crippen LogP contribution in [0.15, 0.2) is 33.0 Å². The minimum absolute atomic E-state index is 0.204. The van der Waals surface area contributed by atoms with Gasteiger partial charge in [-0.15, -0.1) is 5.10 Å². The number of aromatic amines is 1. The number of hydrogen-bond donors (Lipinski definition) is 2. The molecular weight excluding hydrogens is 288 g/mol. The molecule has 1 heterocycles. The van der Waals surface area contributed by atoms with Crippen molar-refractivity contribution in [2.75, 3.05) is 20.3 Å². The van der Waals surface area contributed by atoms with Crippen molar-refractivity contribution in [2.45, 2.75) is 23.5 Å². The fraction of sp³-hybridized carbons (Fsp3) is 0.429. The summed E-state index contributed by atoms with van der Waals surface area (Å²) in [6.45, 7) is 4.31. The molecule has 0 aliphatic carbocycles. The van der Waals surface area contributed by atoms with E-state index in [0.29, 0.717) is 11.8 Å². The molecule has 0 saturated carbocycles. The van der Waals surface area contributed by atoms with Crippen molar-refractivity contribution in [3.8, 4) is 0 Å². The van der Waals surface area contributed by atoms with Gasteiger partial charge in [0.2, 0.25) is 0 Å². The molecule has 2 rings (SSSR count). The molecule has 0 aliphatic heterocycles. The smallest absolute Gasteiger partial charge is 0.343 e. The van der Waals surface area contributed by atoms with E-state index in [2.05, 4.69) is 40.6 Å². The molecule has 6 nitrogen and oxygen atoms in total. The second kappa shape index (κ2) is 7.44. The third-order valence-corrected chi connectivity index (χ3v) is 4.22. The highest BCUT2D eigenvalue weighted by atomic mass is 32.2. The number of methoxy groups -OCH3 is 1. The van der Waals surface area contributed by atoms with E-state index >= 15 is 0 Å². The predicted molar refractivity (Wildman–Crippen MR) is 82.7 cm³/mol. The molecule has 0 radical (unpaired) electrons. The Hall–Kier alpha value is -1.57. The lowest BCUT2D eigenvalue weighted by atomic mass is 10.1. The number of aryl methyl sites for hydroxylation is 1. The van der Waals surface area contributed by atoms with E-state index in [4.69, 9.17) is 4.74 Å². The highest BCUT2D eigenvalue weighted by molar-refractivity contribution is 7.99. The van der Waals surface area contributed by atoms with Crippen LogP contribution in [0.5, 0.6) is 0 Å². The SMILES string of the molecule is COCCNCc1cc(C)ccc1Sc1n[nH]c(=O)n1C. The Morgan fingerprint density at radius 1 is 1.48 bits per heavy atom. The van der Waals surface area contributed by atoms with Crippen molar-refractivity contribution in [3.05, 3.63) is 39.8 Å². The number of aromatic nitrogens is 3. The van der Waals surface area contributed by atoms with Crippen LogP contribution in [0.3, 0.4) is 0 Å². The average molecular weight is 308 g/mol. The van der Waals surface area contributed by atoms with Gasteiger partial charge in [-0.1, -0.05) is 17.7 Å². The molecule has 0 amide bonds. The van der Waals surface area contributed by atoms with Gasteiger partial charge in [0.05, 0.1) is 6.61 Å². The van der Waals surface area contributed by atoms with E-state index in [1.54, 1.807) is 14.2 Å². The monoisotopic (exact) mass is 308 g/mol. The third-order valence-electron chi connectivity index (χ3n) is 3.05. The van der Waals surface area contributed by atoms with Crippen molar-refractivity contribution < 1.29 is 4.74 Å². The van der Waals surface area contributed by atoms with Gasteiger partial charge in [0.25, 0.3) is 0 Å². The van der Waals surface area contributed by atoms with E-state index in [9.17, 15) is 4.79 Å². The van der Waals surface area contributed by atoms with Crippen molar-refractivity contribution >= 4 is 11.8 Å². The summed E-state index contributed by atoms with van der Waals surface area (Å²) in [7, 11) is 3.40. The summed E-state index contributed by atoms with van der Waals surface area (Å²) in [6, 6.07) is 6.27. The lowest BCUT2D eigenvalue weighted by Gasteiger charge is -2.11. The molecule has 0 fully saturated rings. The molecule has 2 aromatic rings. The third kappa shape index (κ3) is 4.20. The number of hydrogen-bond acceptors (Lipinski definition) is 5. The Morgan fingerprint density at radius 3 is 2.95 bits per heavy atom. The fourth-order valence-corrected chi connectivity index (χ4v) is 2.77. The summed E-state index contributed by atoms with van der Waals surface area (Å²) < 4.78 is 6.53. The number of nitrogens with zero attached hydrogens (tertiary/aromatic N) is 2. The Balaban J connectivity index is 2.14. The first kappa shape index (κ1) is 15.8. The van der Waals surface area contributed by atoms with E-state index in [1.807, 2.05) is 0 Å². The highest BCUT2D eigenvalue weighted by Crippen LogP contribution is 2.28. The standard InChI is InChI=1S/C14H20N4O2S/c1-10-4-5-12(11(8-10)9-15-6-7-20-3)21-14-17-16-13(19)18(14)2/h4-5,8,15H,6-7,9H2,1-3H3,(H,16,19). The number of rotatable bonds is 7. The topological polar surface area (TPSA) is 71.9 Å². The molecular formula is C14H20N4O2S. The highest BCUT2D eigenvalue weighted by Gasteiger charge is 2.10. The van der Waals surface area contributed by atoms with Crippen LogP contribution < -0.4 is 11.0 Å². The van der Waals surface area contributed by atoms with E-state index < -0.39 is 0 Å². The van der Waals surface area contributed by atoms with Crippen molar-refractivity contribution in [1.82, 2.24) is 20.1 Å². The van der Waals surface area contributed by atoms with Crippen molar-refractivity contribution in [3.63, 3.8) is 0 Å². The Kier molecular flexibility index (Phi) is 5.60. The zero-order valence-electron chi connectivity index (χ0n) is 12.5. The molecule has 0 atom stereocenters. The van der Waals surface area contributed by atoms with Gasteiger partial charge in [-0.2, -0.15) is 0 Å². The number of H-pyrrole nitrogens is 1. The maximum absolute atomic E-state index is 11.4. The van der Waals surface area contributed by atoms with Gasteiger partial charge in [0.1, 0.15) is 0 Å². The van der Waals surface area contributed by atoms with E-state index in [1.165, 1.54) is 27.5 Å². The first-order valence-electron chi connectivity index (χ1n) is 6.70. The average Bonchev–Trinajstić information content (AvgIpc) is 2.78. The van der Waals surface area contributed by atoms with Crippen molar-refractivity contribution in [2.24, 2.45) is 7.05 Å². The van der Waals surface area contributed by atoms with Crippen LogP contribution >= 0.6 is 11.8 Å². The largest absolute Gasteiger partial charge is 0.383 e. The van der Waals surface area contributed by atoms with E-state index in [-0.39, 0.29) is 5.69 Å². The number of benzene rings is 1. The molecule has 0 unspecified atom stereocenters. The Labute approximate surface area is 127 Å². The van der Waals surface area contributed by atoms with E-state index in [0.717, 1.165) is 18.0 Å². The van der Waals surface area contributed by atoms with Crippen LogP contribution in [0.25, 0.3) is 0 Å². The summed E-state index contributed by atoms with van der Waals surface area (Å²) >= 11 is 1.48. The number of nitrogens with one attached hydrogen (secondary N) is 2. The molecule has 1 aromatic heterocycles. The lowest BCUT2D eigenvalue weighted by Crippen LogP contribution is -2.19. The zero-order chi connectivity index (χ0) is 15.2. The van der Waals surface area contributed by atoms with Gasteiger partial charge in [0.15, 0.2) is 5.16 Å². The number of ether oxygens (including phenoxy) is 1. The molecule has 7 heteroatoms. The summed E-state index contributed by atoms with van der Waals surface area (Å²) in [6.07, 6.45) is 0.